The van der Waals surface area contributed by atoms with Crippen LogP contribution in [0.25, 0.3) is 0 Å². The summed E-state index contributed by atoms with van der Waals surface area (Å²) >= 11 is 6.03. The summed E-state index contributed by atoms with van der Waals surface area (Å²) in [5.41, 5.74) is 3.80. The molecule has 2 nitrogen and oxygen atoms in total. The van der Waals surface area contributed by atoms with Gasteiger partial charge in [-0.15, -0.1) is 0 Å². The summed E-state index contributed by atoms with van der Waals surface area (Å²) in [6, 6.07) is 7.75. The van der Waals surface area contributed by atoms with E-state index in [0.29, 0.717) is 10.6 Å². The quantitative estimate of drug-likeness (QED) is 0.882. The molecular weight excluding hydrogens is 234 g/mol. The van der Waals surface area contributed by atoms with Crippen LogP contribution < -0.4 is 0 Å². The van der Waals surface area contributed by atoms with Crippen molar-refractivity contribution < 1.29 is 5.11 Å². The molecule has 0 saturated carbocycles. The van der Waals surface area contributed by atoms with Crippen LogP contribution in [0, 0.1) is 13.8 Å². The van der Waals surface area contributed by atoms with Gasteiger partial charge in [0, 0.05) is 18.0 Å². The first-order valence-corrected chi connectivity index (χ1v) is 5.81. The highest BCUT2D eigenvalue weighted by Crippen LogP contribution is 2.28. The topological polar surface area (TPSA) is 33.1 Å². The standard InChI is InChI=1S/C14H14ClNO/c1-9-5-10(2)7-11(6-9)14(17)12-3-4-16-8-13(12)15/h3-8,14,17H,1-2H3. The highest BCUT2D eigenvalue weighted by Gasteiger charge is 2.14. The molecule has 0 aliphatic heterocycles. The molecule has 1 atom stereocenters. The number of hydrogen-bond acceptors (Lipinski definition) is 2. The van der Waals surface area contributed by atoms with Crippen molar-refractivity contribution in [1.29, 1.82) is 0 Å². The molecule has 2 rings (SSSR count). The van der Waals surface area contributed by atoms with Crippen molar-refractivity contribution in [3.8, 4) is 0 Å². The third-order valence-electron chi connectivity index (χ3n) is 2.66. The highest BCUT2D eigenvalue weighted by atomic mass is 35.5. The lowest BCUT2D eigenvalue weighted by Crippen LogP contribution is -2.01. The Kier molecular flexibility index (Phi) is 3.46. The molecule has 0 amide bonds. The predicted octanol–water partition coefficient (Wildman–Crippen LogP) is 3.43. The van der Waals surface area contributed by atoms with Crippen molar-refractivity contribution in [2.24, 2.45) is 0 Å². The predicted molar refractivity (Wildman–Crippen MR) is 69.2 cm³/mol. The lowest BCUT2D eigenvalue weighted by Gasteiger charge is -2.14. The van der Waals surface area contributed by atoms with Crippen molar-refractivity contribution >= 4 is 11.6 Å². The van der Waals surface area contributed by atoms with E-state index in [0.717, 1.165) is 16.7 Å². The summed E-state index contributed by atoms with van der Waals surface area (Å²) in [7, 11) is 0. The van der Waals surface area contributed by atoms with E-state index in [4.69, 9.17) is 11.6 Å². The van der Waals surface area contributed by atoms with E-state index >= 15 is 0 Å². The Bertz CT molecular complexity index is 519. The fourth-order valence-electron chi connectivity index (χ4n) is 1.96. The first-order chi connectivity index (χ1) is 8.08. The molecule has 0 fully saturated rings. The van der Waals surface area contributed by atoms with Gasteiger partial charge in [-0.3, -0.25) is 4.98 Å². The maximum Gasteiger partial charge on any atom is 0.106 e. The number of hydrogen-bond donors (Lipinski definition) is 1. The van der Waals surface area contributed by atoms with Gasteiger partial charge in [0.25, 0.3) is 0 Å². The number of halogens is 1. The Labute approximate surface area is 106 Å². The van der Waals surface area contributed by atoms with Gasteiger partial charge in [0.1, 0.15) is 6.10 Å². The Morgan fingerprint density at radius 1 is 1.18 bits per heavy atom. The van der Waals surface area contributed by atoms with Crippen LogP contribution in [0.4, 0.5) is 0 Å². The Morgan fingerprint density at radius 2 is 1.82 bits per heavy atom. The molecule has 1 heterocycles. The summed E-state index contributed by atoms with van der Waals surface area (Å²) in [5.74, 6) is 0. The zero-order valence-corrected chi connectivity index (χ0v) is 10.6. The molecule has 1 N–H and O–H groups in total. The van der Waals surface area contributed by atoms with E-state index in [1.54, 1.807) is 18.5 Å². The molecule has 0 aliphatic carbocycles. The van der Waals surface area contributed by atoms with Crippen LogP contribution in [-0.2, 0) is 0 Å². The average molecular weight is 248 g/mol. The second-order valence-corrected chi connectivity index (χ2v) is 4.63. The summed E-state index contributed by atoms with van der Waals surface area (Å²) in [6.45, 7) is 4.02. The third-order valence-corrected chi connectivity index (χ3v) is 2.97. The van der Waals surface area contributed by atoms with E-state index in [2.05, 4.69) is 11.1 Å². The summed E-state index contributed by atoms with van der Waals surface area (Å²) in [4.78, 5) is 3.91. The highest BCUT2D eigenvalue weighted by molar-refractivity contribution is 6.31. The molecule has 0 aliphatic rings. The van der Waals surface area contributed by atoms with Gasteiger partial charge < -0.3 is 5.11 Å². The minimum atomic E-state index is -0.705. The molecule has 88 valence electrons. The number of rotatable bonds is 2. The molecule has 1 unspecified atom stereocenters. The van der Waals surface area contributed by atoms with Gasteiger partial charge >= 0.3 is 0 Å². The second kappa shape index (κ2) is 4.86. The summed E-state index contributed by atoms with van der Waals surface area (Å²) in [5, 5.41) is 10.8. The Morgan fingerprint density at radius 3 is 2.41 bits per heavy atom. The molecule has 0 bridgehead atoms. The number of pyridine rings is 1. The van der Waals surface area contributed by atoms with E-state index in [1.807, 2.05) is 26.0 Å². The molecule has 1 aromatic heterocycles. The zero-order chi connectivity index (χ0) is 12.4. The number of aliphatic hydroxyl groups is 1. The largest absolute Gasteiger partial charge is 0.384 e. The summed E-state index contributed by atoms with van der Waals surface area (Å²) < 4.78 is 0. The van der Waals surface area contributed by atoms with Gasteiger partial charge in [0.2, 0.25) is 0 Å². The van der Waals surface area contributed by atoms with Crippen molar-refractivity contribution in [1.82, 2.24) is 4.98 Å². The SMILES string of the molecule is Cc1cc(C)cc(C(O)c2ccncc2Cl)c1. The molecule has 1 aromatic carbocycles. The van der Waals surface area contributed by atoms with Crippen molar-refractivity contribution in [3.63, 3.8) is 0 Å². The fraction of sp³-hybridized carbons (Fsp3) is 0.214. The monoisotopic (exact) mass is 247 g/mol. The maximum absolute atomic E-state index is 10.3. The smallest absolute Gasteiger partial charge is 0.106 e. The molecule has 0 radical (unpaired) electrons. The number of aromatic nitrogens is 1. The van der Waals surface area contributed by atoms with Crippen LogP contribution in [0.3, 0.4) is 0 Å². The number of aliphatic hydroxyl groups excluding tert-OH is 1. The first kappa shape index (κ1) is 12.1. The second-order valence-electron chi connectivity index (χ2n) is 4.22. The summed E-state index contributed by atoms with van der Waals surface area (Å²) in [6.07, 6.45) is 2.47. The van der Waals surface area contributed by atoms with E-state index < -0.39 is 6.10 Å². The Balaban J connectivity index is 2.43. The van der Waals surface area contributed by atoms with E-state index in [-0.39, 0.29) is 0 Å². The third kappa shape index (κ3) is 2.65. The molecule has 17 heavy (non-hydrogen) atoms. The van der Waals surface area contributed by atoms with Crippen molar-refractivity contribution in [3.05, 3.63) is 63.9 Å². The lowest BCUT2D eigenvalue weighted by molar-refractivity contribution is 0.220. The molecule has 0 saturated heterocycles. The Hall–Kier alpha value is -1.38. The van der Waals surface area contributed by atoms with Gasteiger partial charge in [0.15, 0.2) is 0 Å². The van der Waals surface area contributed by atoms with Crippen molar-refractivity contribution in [2.75, 3.05) is 0 Å². The van der Waals surface area contributed by atoms with E-state index in [9.17, 15) is 5.11 Å². The van der Waals surface area contributed by atoms with E-state index in [1.165, 1.54) is 0 Å². The van der Waals surface area contributed by atoms with Gasteiger partial charge in [0.05, 0.1) is 5.02 Å². The fourth-order valence-corrected chi connectivity index (χ4v) is 2.18. The number of nitrogens with zero attached hydrogens (tertiary/aromatic N) is 1. The van der Waals surface area contributed by atoms with Crippen LogP contribution in [0.15, 0.2) is 36.7 Å². The van der Waals surface area contributed by atoms with Gasteiger partial charge in [-0.25, -0.2) is 0 Å². The number of aryl methyl sites for hydroxylation is 2. The zero-order valence-electron chi connectivity index (χ0n) is 9.81. The van der Waals surface area contributed by atoms with Gasteiger partial charge in [-0.2, -0.15) is 0 Å². The van der Waals surface area contributed by atoms with Crippen LogP contribution in [0.1, 0.15) is 28.4 Å². The van der Waals surface area contributed by atoms with Crippen LogP contribution in [0.5, 0.6) is 0 Å². The van der Waals surface area contributed by atoms with Crippen LogP contribution in [-0.4, -0.2) is 10.1 Å². The normalized spacial score (nSPS) is 12.5. The maximum atomic E-state index is 10.3. The molecule has 3 heteroatoms. The first-order valence-electron chi connectivity index (χ1n) is 5.43. The number of benzene rings is 1. The molecule has 2 aromatic rings. The lowest BCUT2D eigenvalue weighted by atomic mass is 9.99. The molecule has 0 spiro atoms. The average Bonchev–Trinajstić information content (AvgIpc) is 2.27. The molecular formula is C14H14ClNO. The minimum Gasteiger partial charge on any atom is -0.384 e. The van der Waals surface area contributed by atoms with Crippen LogP contribution >= 0.6 is 11.6 Å². The van der Waals surface area contributed by atoms with Gasteiger partial charge in [-0.05, 0) is 25.5 Å². The van der Waals surface area contributed by atoms with Crippen molar-refractivity contribution in [2.45, 2.75) is 20.0 Å². The van der Waals surface area contributed by atoms with Gasteiger partial charge in [-0.1, -0.05) is 40.9 Å². The van der Waals surface area contributed by atoms with Crippen LogP contribution in [0.2, 0.25) is 5.02 Å². The minimum absolute atomic E-state index is 0.485.